The van der Waals surface area contributed by atoms with Crippen molar-refractivity contribution in [3.63, 3.8) is 0 Å². The van der Waals surface area contributed by atoms with Crippen molar-refractivity contribution in [2.45, 2.75) is 52.4 Å². The summed E-state index contributed by atoms with van der Waals surface area (Å²) >= 11 is 0. The van der Waals surface area contributed by atoms with Crippen LogP contribution in [0.2, 0.25) is 0 Å². The van der Waals surface area contributed by atoms with Gasteiger partial charge in [-0.2, -0.15) is 0 Å². The summed E-state index contributed by atoms with van der Waals surface area (Å²) < 4.78 is 1.77. The highest BCUT2D eigenvalue weighted by atomic mass is 16.2. The minimum Gasteiger partial charge on any atom is -0.350 e. The zero-order valence-electron chi connectivity index (χ0n) is 20.0. The molecule has 2 bridgehead atoms. The Bertz CT molecular complexity index is 1000. The van der Waals surface area contributed by atoms with E-state index in [9.17, 15) is 9.59 Å². The van der Waals surface area contributed by atoms with Gasteiger partial charge in [-0.25, -0.2) is 4.98 Å². The van der Waals surface area contributed by atoms with Gasteiger partial charge in [-0.1, -0.05) is 19.9 Å². The molecule has 0 radical (unpaired) electrons. The van der Waals surface area contributed by atoms with Gasteiger partial charge in [-0.05, 0) is 80.4 Å². The summed E-state index contributed by atoms with van der Waals surface area (Å²) in [6.45, 7) is 8.60. The lowest BCUT2D eigenvalue weighted by atomic mass is 9.57. The first-order chi connectivity index (χ1) is 15.9. The molecule has 7 heteroatoms. The van der Waals surface area contributed by atoms with Gasteiger partial charge >= 0.3 is 0 Å². The molecule has 1 saturated heterocycles. The summed E-state index contributed by atoms with van der Waals surface area (Å²) in [5.41, 5.74) is 1.80. The van der Waals surface area contributed by atoms with Crippen molar-refractivity contribution in [3.8, 4) is 0 Å². The predicted octanol–water partition coefficient (Wildman–Crippen LogP) is 3.35. The number of carbonyl (C=O) groups excluding carboxylic acids is 2. The molecule has 5 rings (SSSR count). The number of rotatable bonds is 4. The van der Waals surface area contributed by atoms with E-state index in [2.05, 4.69) is 29.5 Å². The van der Waals surface area contributed by atoms with E-state index < -0.39 is 0 Å². The lowest BCUT2D eigenvalue weighted by molar-refractivity contribution is 0.0183. The summed E-state index contributed by atoms with van der Waals surface area (Å²) in [5, 5.41) is 6.59. The molecule has 3 fully saturated rings. The van der Waals surface area contributed by atoms with Crippen LogP contribution in [0.1, 0.15) is 73.3 Å². The Morgan fingerprint density at radius 3 is 2.70 bits per heavy atom. The first-order valence-electron chi connectivity index (χ1n) is 12.7. The highest BCUT2D eigenvalue weighted by Crippen LogP contribution is 2.52. The number of fused-ring (bicyclic) bond motifs is 3. The molecule has 1 aliphatic heterocycles. The van der Waals surface area contributed by atoms with Crippen molar-refractivity contribution >= 4 is 17.5 Å². The summed E-state index contributed by atoms with van der Waals surface area (Å²) in [5.74, 6) is 2.11. The van der Waals surface area contributed by atoms with E-state index in [1.54, 1.807) is 10.6 Å². The molecule has 7 nitrogen and oxygen atoms in total. The van der Waals surface area contributed by atoms with Crippen molar-refractivity contribution in [2.24, 2.45) is 23.2 Å². The molecule has 2 N–H and O–H groups in total. The molecule has 0 spiro atoms. The van der Waals surface area contributed by atoms with Crippen LogP contribution in [0.15, 0.2) is 24.4 Å². The number of aromatic nitrogens is 2. The van der Waals surface area contributed by atoms with Crippen molar-refractivity contribution in [2.75, 3.05) is 32.7 Å². The fourth-order valence-corrected chi connectivity index (χ4v) is 6.99. The lowest BCUT2D eigenvalue weighted by Gasteiger charge is -2.50. The van der Waals surface area contributed by atoms with Crippen molar-refractivity contribution < 1.29 is 9.59 Å². The number of nitrogens with one attached hydrogen (secondary N) is 2. The average Bonchev–Trinajstić information content (AvgIpc) is 3.02. The van der Waals surface area contributed by atoms with E-state index in [1.807, 2.05) is 23.1 Å². The Hall–Kier alpha value is -2.41. The Kier molecular flexibility index (Phi) is 6.16. The van der Waals surface area contributed by atoms with Crippen molar-refractivity contribution in [1.29, 1.82) is 0 Å². The molecule has 2 unspecified atom stereocenters. The van der Waals surface area contributed by atoms with Crippen LogP contribution in [0, 0.1) is 23.2 Å². The molecular formula is C26H37N5O2. The van der Waals surface area contributed by atoms with Crippen LogP contribution in [0.4, 0.5) is 0 Å². The van der Waals surface area contributed by atoms with Crippen LogP contribution in [-0.4, -0.2) is 58.8 Å². The van der Waals surface area contributed by atoms with Crippen molar-refractivity contribution in [1.82, 2.24) is 24.9 Å². The van der Waals surface area contributed by atoms with Gasteiger partial charge in [0.1, 0.15) is 17.0 Å². The van der Waals surface area contributed by atoms with E-state index in [0.29, 0.717) is 23.6 Å². The van der Waals surface area contributed by atoms with Crippen LogP contribution in [0.3, 0.4) is 0 Å². The van der Waals surface area contributed by atoms with Gasteiger partial charge in [0, 0.05) is 32.4 Å². The maximum atomic E-state index is 13.3. The molecule has 2 aromatic heterocycles. The summed E-state index contributed by atoms with van der Waals surface area (Å²) in [4.78, 5) is 32.7. The molecule has 3 heterocycles. The van der Waals surface area contributed by atoms with Gasteiger partial charge in [0.2, 0.25) is 0 Å². The largest absolute Gasteiger partial charge is 0.350 e. The molecule has 2 saturated carbocycles. The first-order valence-corrected chi connectivity index (χ1v) is 12.7. The Morgan fingerprint density at radius 2 is 1.91 bits per heavy atom. The van der Waals surface area contributed by atoms with Gasteiger partial charge in [0.15, 0.2) is 0 Å². The molecule has 2 amide bonds. The van der Waals surface area contributed by atoms with Gasteiger partial charge in [0.25, 0.3) is 11.8 Å². The number of imidazole rings is 1. The number of amides is 2. The third-order valence-electron chi connectivity index (χ3n) is 7.95. The van der Waals surface area contributed by atoms with Crippen LogP contribution >= 0.6 is 0 Å². The summed E-state index contributed by atoms with van der Waals surface area (Å²) in [6, 6.07) is 5.52. The summed E-state index contributed by atoms with van der Waals surface area (Å²) in [7, 11) is 0. The van der Waals surface area contributed by atoms with Crippen LogP contribution in [0.25, 0.3) is 5.65 Å². The predicted molar refractivity (Wildman–Crippen MR) is 128 cm³/mol. The van der Waals surface area contributed by atoms with E-state index in [4.69, 9.17) is 0 Å². The lowest BCUT2D eigenvalue weighted by Crippen LogP contribution is -2.46. The molecule has 2 atom stereocenters. The molecule has 33 heavy (non-hydrogen) atoms. The maximum Gasteiger partial charge on any atom is 0.274 e. The monoisotopic (exact) mass is 451 g/mol. The topological polar surface area (TPSA) is 78.7 Å². The van der Waals surface area contributed by atoms with E-state index in [1.165, 1.54) is 32.1 Å². The second-order valence-corrected chi connectivity index (χ2v) is 11.0. The average molecular weight is 452 g/mol. The number of hydrogen-bond donors (Lipinski definition) is 2. The number of pyridine rings is 1. The SMILES string of the molecule is CC1CC2CC(C)CC(CNC(=O)c3cccc4nc(C(=O)N5CCCNCC5)cn34)(C1)C2. The van der Waals surface area contributed by atoms with E-state index in [-0.39, 0.29) is 17.2 Å². The Morgan fingerprint density at radius 1 is 1.12 bits per heavy atom. The van der Waals surface area contributed by atoms with Crippen LogP contribution in [-0.2, 0) is 0 Å². The zero-order chi connectivity index (χ0) is 23.0. The van der Waals surface area contributed by atoms with Crippen LogP contribution < -0.4 is 10.6 Å². The third-order valence-corrected chi connectivity index (χ3v) is 7.95. The minimum atomic E-state index is -0.0849. The maximum absolute atomic E-state index is 13.3. The second-order valence-electron chi connectivity index (χ2n) is 11.0. The van der Waals surface area contributed by atoms with Gasteiger partial charge in [-0.3, -0.25) is 14.0 Å². The van der Waals surface area contributed by atoms with E-state index >= 15 is 0 Å². The Balaban J connectivity index is 1.33. The highest BCUT2D eigenvalue weighted by molar-refractivity contribution is 5.95. The summed E-state index contributed by atoms with van der Waals surface area (Å²) in [6.07, 6.45) is 8.97. The molecule has 2 aromatic rings. The van der Waals surface area contributed by atoms with E-state index in [0.717, 1.165) is 50.4 Å². The molecule has 2 aliphatic carbocycles. The smallest absolute Gasteiger partial charge is 0.274 e. The highest BCUT2D eigenvalue weighted by Gasteiger charge is 2.44. The Labute approximate surface area is 196 Å². The first kappa shape index (κ1) is 22.4. The standard InChI is InChI=1S/C26H37N5O2/c1-18-11-20-12-19(2)14-26(13-18,15-20)17-28-24(32)22-5-3-6-23-29-21(16-31(22)23)25(33)30-9-4-7-27-8-10-30/h3,5-6,16,18-20,27H,4,7-15,17H2,1-2H3,(H,28,32). The molecule has 3 aliphatic rings. The minimum absolute atomic E-state index is 0.0638. The third kappa shape index (κ3) is 4.65. The number of nitrogens with zero attached hydrogens (tertiary/aromatic N) is 3. The fraction of sp³-hybridized carbons (Fsp3) is 0.654. The van der Waals surface area contributed by atoms with Crippen LogP contribution in [0.5, 0.6) is 0 Å². The van der Waals surface area contributed by atoms with Crippen molar-refractivity contribution in [3.05, 3.63) is 35.8 Å². The van der Waals surface area contributed by atoms with Gasteiger partial charge in [0.05, 0.1) is 0 Å². The fourth-order valence-electron chi connectivity index (χ4n) is 6.99. The molecule has 0 aromatic carbocycles. The number of hydrogen-bond acceptors (Lipinski definition) is 4. The zero-order valence-corrected chi connectivity index (χ0v) is 20.0. The molecule has 178 valence electrons. The normalized spacial score (nSPS) is 30.1. The number of carbonyl (C=O) groups is 2. The van der Waals surface area contributed by atoms with Gasteiger partial charge < -0.3 is 15.5 Å². The van der Waals surface area contributed by atoms with Gasteiger partial charge in [-0.15, -0.1) is 0 Å². The quantitative estimate of drug-likeness (QED) is 0.747. The molecular weight excluding hydrogens is 414 g/mol. The second kappa shape index (κ2) is 9.09.